The van der Waals surface area contributed by atoms with E-state index in [9.17, 15) is 10.2 Å². The Hall–Kier alpha value is -1.06. The number of benzene rings is 1. The summed E-state index contributed by atoms with van der Waals surface area (Å²) in [4.78, 5) is 0. The molecular weight excluding hydrogens is 262 g/mol. The Labute approximate surface area is 127 Å². The molecule has 4 atom stereocenters. The van der Waals surface area contributed by atoms with Crippen LogP contribution in [-0.2, 0) is 0 Å². The van der Waals surface area contributed by atoms with Gasteiger partial charge in [0.15, 0.2) is 0 Å². The average Bonchev–Trinajstić information content (AvgIpc) is 3.05. The molecule has 4 unspecified atom stereocenters. The molecule has 1 aromatic rings. The number of aliphatic hydroxyl groups is 1. The van der Waals surface area contributed by atoms with Crippen LogP contribution in [0.2, 0.25) is 0 Å². The van der Waals surface area contributed by atoms with E-state index >= 15 is 0 Å². The Kier molecular flexibility index (Phi) is 4.23. The fourth-order valence-corrected chi connectivity index (χ4v) is 4.45. The maximum absolute atomic E-state index is 10.3. The van der Waals surface area contributed by atoms with Gasteiger partial charge in [0.2, 0.25) is 0 Å². The smallest absolute Gasteiger partial charge is 0.120 e. The van der Waals surface area contributed by atoms with E-state index in [-0.39, 0.29) is 6.04 Å². The van der Waals surface area contributed by atoms with Crippen molar-refractivity contribution in [3.63, 3.8) is 0 Å². The first-order valence-corrected chi connectivity index (χ1v) is 8.28. The number of rotatable bonds is 4. The molecule has 3 nitrogen and oxygen atoms in total. The molecule has 1 fully saturated rings. The number of aromatic hydroxyl groups is 1. The molecule has 0 spiro atoms. The lowest BCUT2D eigenvalue weighted by Crippen LogP contribution is -2.29. The molecule has 0 aromatic heterocycles. The quantitative estimate of drug-likeness (QED) is 0.797. The molecule has 3 heteroatoms. The summed E-state index contributed by atoms with van der Waals surface area (Å²) in [6, 6.07) is 4.11. The summed E-state index contributed by atoms with van der Waals surface area (Å²) in [5, 5.41) is 23.4. The van der Waals surface area contributed by atoms with Crippen molar-refractivity contribution >= 4 is 0 Å². The van der Waals surface area contributed by atoms with Crippen LogP contribution in [0.4, 0.5) is 0 Å². The minimum Gasteiger partial charge on any atom is -0.508 e. The predicted molar refractivity (Wildman–Crippen MR) is 84.5 cm³/mol. The molecule has 3 rings (SSSR count). The zero-order chi connectivity index (χ0) is 15.0. The number of hydrogen-bond acceptors (Lipinski definition) is 3. The molecule has 0 heterocycles. The second-order valence-corrected chi connectivity index (χ2v) is 6.96. The Morgan fingerprint density at radius 1 is 1.19 bits per heavy atom. The van der Waals surface area contributed by atoms with Crippen LogP contribution < -0.4 is 5.32 Å². The summed E-state index contributed by atoms with van der Waals surface area (Å²) in [5.74, 6) is 1.98. The number of hydrogen-bond donors (Lipinski definition) is 3. The van der Waals surface area contributed by atoms with Crippen LogP contribution in [0.25, 0.3) is 0 Å². The molecule has 0 saturated heterocycles. The number of aryl methyl sites for hydroxylation is 1. The van der Waals surface area contributed by atoms with Gasteiger partial charge in [-0.05, 0) is 67.7 Å². The van der Waals surface area contributed by atoms with E-state index < -0.39 is 0 Å². The van der Waals surface area contributed by atoms with Crippen molar-refractivity contribution in [1.82, 2.24) is 5.32 Å². The lowest BCUT2D eigenvalue weighted by atomic mass is 9.96. The first-order chi connectivity index (χ1) is 10.1. The molecule has 2 aliphatic rings. The van der Waals surface area contributed by atoms with Gasteiger partial charge in [0.05, 0.1) is 0 Å². The van der Waals surface area contributed by atoms with Gasteiger partial charge in [0, 0.05) is 18.2 Å². The molecule has 1 aromatic carbocycles. The summed E-state index contributed by atoms with van der Waals surface area (Å²) in [7, 11) is 0. The third-order valence-corrected chi connectivity index (χ3v) is 5.59. The zero-order valence-corrected chi connectivity index (χ0v) is 13.1. The predicted octanol–water partition coefficient (Wildman–Crippen LogP) is 3.25. The lowest BCUT2D eigenvalue weighted by Gasteiger charge is -2.22. The molecule has 116 valence electrons. The minimum atomic E-state index is 0.259. The normalized spacial score (nSPS) is 31.6. The second kappa shape index (κ2) is 5.98. The molecule has 1 saturated carbocycles. The summed E-state index contributed by atoms with van der Waals surface area (Å²) in [6.45, 7) is 5.65. The van der Waals surface area contributed by atoms with Crippen LogP contribution in [0.5, 0.6) is 5.75 Å². The number of phenols is 1. The zero-order valence-electron chi connectivity index (χ0n) is 13.1. The van der Waals surface area contributed by atoms with E-state index in [1.54, 1.807) is 0 Å². The molecule has 0 radical (unpaired) electrons. The molecule has 3 N–H and O–H groups in total. The van der Waals surface area contributed by atoms with Crippen molar-refractivity contribution in [2.24, 2.45) is 11.8 Å². The van der Waals surface area contributed by atoms with E-state index in [0.717, 1.165) is 24.9 Å². The molecule has 0 bridgehead atoms. The van der Waals surface area contributed by atoms with Gasteiger partial charge >= 0.3 is 0 Å². The Morgan fingerprint density at radius 3 is 2.71 bits per heavy atom. The standard InChI is InChI=1S/C18H27NO2/c1-11-6-7-16(21)18-15(8-12(2)17(11)18)19-9-13-4-3-5-14(13)10-20/h6-7,12-15,19-21H,3-5,8-10H2,1-2H3. The highest BCUT2D eigenvalue weighted by Gasteiger charge is 2.33. The van der Waals surface area contributed by atoms with Gasteiger partial charge in [-0.1, -0.05) is 19.4 Å². The third-order valence-electron chi connectivity index (χ3n) is 5.59. The van der Waals surface area contributed by atoms with Gasteiger partial charge in [0.25, 0.3) is 0 Å². The van der Waals surface area contributed by atoms with Crippen molar-refractivity contribution in [1.29, 1.82) is 0 Å². The first kappa shape index (κ1) is 14.9. The van der Waals surface area contributed by atoms with Gasteiger partial charge in [-0.2, -0.15) is 0 Å². The fourth-order valence-electron chi connectivity index (χ4n) is 4.45. The van der Waals surface area contributed by atoms with Gasteiger partial charge in [-0.3, -0.25) is 0 Å². The van der Waals surface area contributed by atoms with Crippen molar-refractivity contribution in [2.45, 2.75) is 51.5 Å². The fraction of sp³-hybridized carbons (Fsp3) is 0.667. The molecule has 0 amide bonds. The minimum absolute atomic E-state index is 0.259. The largest absolute Gasteiger partial charge is 0.508 e. The van der Waals surface area contributed by atoms with E-state index in [0.29, 0.717) is 30.1 Å². The summed E-state index contributed by atoms with van der Waals surface area (Å²) < 4.78 is 0. The van der Waals surface area contributed by atoms with Crippen LogP contribution in [0, 0.1) is 18.8 Å². The van der Waals surface area contributed by atoms with Crippen molar-refractivity contribution in [3.8, 4) is 5.75 Å². The third kappa shape index (κ3) is 2.69. The van der Waals surface area contributed by atoms with E-state index in [1.807, 2.05) is 12.1 Å². The van der Waals surface area contributed by atoms with E-state index in [2.05, 4.69) is 19.2 Å². The van der Waals surface area contributed by atoms with Crippen molar-refractivity contribution in [3.05, 3.63) is 28.8 Å². The molecule has 21 heavy (non-hydrogen) atoms. The monoisotopic (exact) mass is 289 g/mol. The molecular formula is C18H27NO2. The second-order valence-electron chi connectivity index (χ2n) is 6.96. The Morgan fingerprint density at radius 2 is 1.95 bits per heavy atom. The van der Waals surface area contributed by atoms with Crippen molar-refractivity contribution < 1.29 is 10.2 Å². The average molecular weight is 289 g/mol. The maximum Gasteiger partial charge on any atom is 0.120 e. The number of phenolic OH excluding ortho intramolecular Hbond substituents is 1. The lowest BCUT2D eigenvalue weighted by molar-refractivity contribution is 0.190. The van der Waals surface area contributed by atoms with Crippen LogP contribution >= 0.6 is 0 Å². The van der Waals surface area contributed by atoms with Gasteiger partial charge in [-0.25, -0.2) is 0 Å². The van der Waals surface area contributed by atoms with E-state index in [4.69, 9.17) is 0 Å². The number of aliphatic hydroxyl groups excluding tert-OH is 1. The SMILES string of the molecule is Cc1ccc(O)c2c1C(C)CC2NCC1CCCC1CO. The van der Waals surface area contributed by atoms with Gasteiger partial charge in [0.1, 0.15) is 5.75 Å². The van der Waals surface area contributed by atoms with Crippen LogP contribution in [0.1, 0.15) is 61.3 Å². The Balaban J connectivity index is 1.73. The first-order valence-electron chi connectivity index (χ1n) is 8.28. The molecule has 0 aliphatic heterocycles. The highest BCUT2D eigenvalue weighted by Crippen LogP contribution is 2.46. The topological polar surface area (TPSA) is 52.5 Å². The molecule has 2 aliphatic carbocycles. The summed E-state index contributed by atoms with van der Waals surface area (Å²) in [5.41, 5.74) is 3.73. The number of fused-ring (bicyclic) bond motifs is 1. The van der Waals surface area contributed by atoms with Gasteiger partial charge < -0.3 is 15.5 Å². The van der Waals surface area contributed by atoms with Crippen LogP contribution in [0.3, 0.4) is 0 Å². The summed E-state index contributed by atoms with van der Waals surface area (Å²) in [6.07, 6.45) is 4.67. The van der Waals surface area contributed by atoms with E-state index in [1.165, 1.54) is 24.0 Å². The van der Waals surface area contributed by atoms with Crippen molar-refractivity contribution in [2.75, 3.05) is 13.2 Å². The Bertz CT molecular complexity index is 514. The highest BCUT2D eigenvalue weighted by atomic mass is 16.3. The van der Waals surface area contributed by atoms with Gasteiger partial charge in [-0.15, -0.1) is 0 Å². The highest BCUT2D eigenvalue weighted by molar-refractivity contribution is 5.50. The van der Waals surface area contributed by atoms with Crippen LogP contribution in [0.15, 0.2) is 12.1 Å². The number of nitrogens with one attached hydrogen (secondary N) is 1. The summed E-state index contributed by atoms with van der Waals surface area (Å²) >= 11 is 0. The maximum atomic E-state index is 10.3. The van der Waals surface area contributed by atoms with Crippen LogP contribution in [-0.4, -0.2) is 23.4 Å².